The fourth-order valence-electron chi connectivity index (χ4n) is 3.61. The molecule has 0 bridgehead atoms. The van der Waals surface area contributed by atoms with Crippen LogP contribution in [0, 0.1) is 0 Å². The molecule has 2 aromatic rings. The van der Waals surface area contributed by atoms with Crippen molar-refractivity contribution < 1.29 is 47.7 Å². The van der Waals surface area contributed by atoms with E-state index < -0.39 is 35.8 Å². The monoisotopic (exact) mass is 460 g/mol. The van der Waals surface area contributed by atoms with Crippen LogP contribution in [-0.4, -0.2) is 35.8 Å². The number of esters is 6. The molecule has 0 aromatic heterocycles. The quantitative estimate of drug-likeness (QED) is 0.379. The number of fused-ring (bicyclic) bond motifs is 1. The van der Waals surface area contributed by atoms with E-state index in [-0.39, 0.29) is 57.8 Å². The summed E-state index contributed by atoms with van der Waals surface area (Å²) in [5.41, 5.74) is 0.632. The minimum absolute atomic E-state index is 0.0168. The molecule has 0 amide bonds. The number of carbonyl (C=O) groups is 6. The van der Waals surface area contributed by atoms with E-state index >= 15 is 0 Å². The van der Waals surface area contributed by atoms with Gasteiger partial charge in [0.1, 0.15) is 11.5 Å². The predicted molar refractivity (Wildman–Crippen MR) is 109 cm³/mol. The first-order valence-electron chi connectivity index (χ1n) is 9.95. The highest BCUT2D eigenvalue weighted by molar-refractivity contribution is 6.16. The molecule has 0 unspecified atom stereocenters. The highest BCUT2D eigenvalue weighted by atomic mass is 16.6. The maximum absolute atomic E-state index is 12.4. The largest absolute Gasteiger partial charge is 0.423 e. The molecule has 10 heteroatoms. The van der Waals surface area contributed by atoms with Crippen LogP contribution in [0.2, 0.25) is 0 Å². The first-order chi connectivity index (χ1) is 16.3. The third-order valence-electron chi connectivity index (χ3n) is 5.33. The van der Waals surface area contributed by atoms with Crippen LogP contribution in [0.1, 0.15) is 43.9 Å². The smallest absolute Gasteiger partial charge is 0.346 e. The lowest BCUT2D eigenvalue weighted by atomic mass is 9.93. The van der Waals surface area contributed by atoms with Gasteiger partial charge in [0.2, 0.25) is 0 Å². The molecule has 0 fully saturated rings. The van der Waals surface area contributed by atoms with E-state index in [0.29, 0.717) is 0 Å². The molecule has 3 aliphatic rings. The number of cyclic esters (lactones) is 4. The Morgan fingerprint density at radius 1 is 0.676 bits per heavy atom. The van der Waals surface area contributed by atoms with Crippen LogP contribution in [0.5, 0.6) is 11.5 Å². The number of carbonyl (C=O) groups excluding carboxylic acids is 6. The van der Waals surface area contributed by atoms with E-state index in [1.54, 1.807) is 0 Å². The molecule has 34 heavy (non-hydrogen) atoms. The van der Waals surface area contributed by atoms with E-state index in [9.17, 15) is 28.8 Å². The average molecular weight is 460 g/mol. The van der Waals surface area contributed by atoms with Crippen molar-refractivity contribution in [3.8, 4) is 11.5 Å². The third-order valence-corrected chi connectivity index (χ3v) is 5.33. The Hall–Kier alpha value is -4.86. The topological polar surface area (TPSA) is 139 Å². The zero-order valence-corrected chi connectivity index (χ0v) is 17.1. The molecule has 0 saturated carbocycles. The van der Waals surface area contributed by atoms with Crippen LogP contribution in [0.15, 0.2) is 65.3 Å². The van der Waals surface area contributed by atoms with Gasteiger partial charge < -0.3 is 18.9 Å². The number of hydrogen-bond donors (Lipinski definition) is 0. The van der Waals surface area contributed by atoms with Crippen molar-refractivity contribution in [3.05, 3.63) is 82.0 Å². The number of ether oxygens (including phenoxy) is 4. The third kappa shape index (κ3) is 3.66. The minimum Gasteiger partial charge on any atom is -0.423 e. The summed E-state index contributed by atoms with van der Waals surface area (Å²) in [5.74, 6) is -4.25. The van der Waals surface area contributed by atoms with Gasteiger partial charge in [0, 0.05) is 5.57 Å². The molecule has 0 N–H and O–H groups in total. The van der Waals surface area contributed by atoms with E-state index in [4.69, 9.17) is 9.47 Å². The second-order valence-corrected chi connectivity index (χ2v) is 7.43. The maximum Gasteiger partial charge on any atom is 0.346 e. The molecule has 0 spiro atoms. The highest BCUT2D eigenvalue weighted by Crippen LogP contribution is 2.31. The number of benzene rings is 2. The van der Waals surface area contributed by atoms with Gasteiger partial charge in [0.25, 0.3) is 0 Å². The molecule has 5 rings (SSSR count). The minimum atomic E-state index is -0.835. The average Bonchev–Trinajstić information content (AvgIpc) is 3.28. The molecule has 10 nitrogen and oxygen atoms in total. The first kappa shape index (κ1) is 21.0. The van der Waals surface area contributed by atoms with Crippen LogP contribution in [0.25, 0.3) is 0 Å². The molecule has 2 aromatic carbocycles. The zero-order chi connectivity index (χ0) is 24.0. The molecule has 0 radical (unpaired) electrons. The Balaban J connectivity index is 1.24. The van der Waals surface area contributed by atoms with Gasteiger partial charge in [-0.25, -0.2) is 28.8 Å². The molecule has 2 heterocycles. The number of hydrogen-bond acceptors (Lipinski definition) is 10. The lowest BCUT2D eigenvalue weighted by molar-refractivity contribution is -0.151. The molecule has 168 valence electrons. The standard InChI is InChI=1S/C24H12O10/c25-19(11-1-7-15-17(9-11)23(29)33-21(15)27)31-13-3-5-14(6-4-13)32-20(26)12-2-8-16-18(10-12)24(30)34-22(16)28/h1,3-7,9-10H,2,8H2. The Morgan fingerprint density at radius 2 is 1.29 bits per heavy atom. The van der Waals surface area contributed by atoms with Gasteiger partial charge in [-0.15, -0.1) is 0 Å². The van der Waals surface area contributed by atoms with Gasteiger partial charge >= 0.3 is 35.8 Å². The predicted octanol–water partition coefficient (Wildman–Crippen LogP) is 2.22. The summed E-state index contributed by atoms with van der Waals surface area (Å²) in [6, 6.07) is 9.46. The fourth-order valence-corrected chi connectivity index (χ4v) is 3.61. The van der Waals surface area contributed by atoms with E-state index in [2.05, 4.69) is 9.47 Å². The lowest BCUT2D eigenvalue weighted by Gasteiger charge is -2.12. The summed E-state index contributed by atoms with van der Waals surface area (Å²) in [5, 5.41) is 0. The SMILES string of the molecule is O=C(Oc1ccc(OC(=O)c2ccc3c(c2)C(=O)OC3=O)cc1)C1=CC2=C(CC1)C(=O)OC2=O. The summed E-state index contributed by atoms with van der Waals surface area (Å²) >= 11 is 0. The van der Waals surface area contributed by atoms with Crippen molar-refractivity contribution in [2.75, 3.05) is 0 Å². The first-order valence-corrected chi connectivity index (χ1v) is 9.95. The van der Waals surface area contributed by atoms with Crippen LogP contribution in [0.4, 0.5) is 0 Å². The highest BCUT2D eigenvalue weighted by Gasteiger charge is 2.35. The van der Waals surface area contributed by atoms with E-state index in [1.807, 2.05) is 0 Å². The van der Waals surface area contributed by atoms with Gasteiger partial charge in [0.15, 0.2) is 0 Å². The van der Waals surface area contributed by atoms with Gasteiger partial charge in [-0.3, -0.25) is 0 Å². The molecule has 0 atom stereocenters. The second-order valence-electron chi connectivity index (χ2n) is 7.43. The van der Waals surface area contributed by atoms with Gasteiger partial charge in [-0.05, 0) is 61.4 Å². The molecular weight excluding hydrogens is 448 g/mol. The van der Waals surface area contributed by atoms with Crippen molar-refractivity contribution in [2.24, 2.45) is 0 Å². The van der Waals surface area contributed by atoms with E-state index in [1.165, 1.54) is 48.5 Å². The van der Waals surface area contributed by atoms with Crippen molar-refractivity contribution in [1.29, 1.82) is 0 Å². The summed E-state index contributed by atoms with van der Waals surface area (Å²) in [7, 11) is 0. The molecular formula is C24H12O10. The zero-order valence-electron chi connectivity index (χ0n) is 17.1. The van der Waals surface area contributed by atoms with Crippen molar-refractivity contribution in [2.45, 2.75) is 12.8 Å². The molecule has 2 aliphatic heterocycles. The van der Waals surface area contributed by atoms with Crippen molar-refractivity contribution in [3.63, 3.8) is 0 Å². The van der Waals surface area contributed by atoms with Gasteiger partial charge in [0.05, 0.1) is 27.8 Å². The Bertz CT molecular complexity index is 1390. The maximum atomic E-state index is 12.4. The summed E-state index contributed by atoms with van der Waals surface area (Å²) in [6.07, 6.45) is 1.71. The normalized spacial score (nSPS) is 16.4. The summed E-state index contributed by atoms with van der Waals surface area (Å²) in [4.78, 5) is 71.2. The van der Waals surface area contributed by atoms with Crippen LogP contribution in [0.3, 0.4) is 0 Å². The molecule has 0 saturated heterocycles. The summed E-state index contributed by atoms with van der Waals surface area (Å²) < 4.78 is 19.6. The van der Waals surface area contributed by atoms with Crippen LogP contribution < -0.4 is 9.47 Å². The van der Waals surface area contributed by atoms with Gasteiger partial charge in [-0.2, -0.15) is 0 Å². The summed E-state index contributed by atoms with van der Waals surface area (Å²) in [6.45, 7) is 0. The van der Waals surface area contributed by atoms with Crippen molar-refractivity contribution in [1.82, 2.24) is 0 Å². The second kappa shape index (κ2) is 7.93. The number of rotatable bonds is 4. The Morgan fingerprint density at radius 3 is 2.00 bits per heavy atom. The fraction of sp³-hybridized carbons (Fsp3) is 0.0833. The molecule has 1 aliphatic carbocycles. The lowest BCUT2D eigenvalue weighted by Crippen LogP contribution is -2.15. The van der Waals surface area contributed by atoms with Gasteiger partial charge in [-0.1, -0.05) is 0 Å². The van der Waals surface area contributed by atoms with E-state index in [0.717, 1.165) is 0 Å². The van der Waals surface area contributed by atoms with Crippen LogP contribution in [-0.2, 0) is 23.9 Å². The Kier molecular flexibility index (Phi) is 4.90. The Labute approximate surface area is 190 Å². The van der Waals surface area contributed by atoms with Crippen LogP contribution >= 0.6 is 0 Å². The van der Waals surface area contributed by atoms with Crippen molar-refractivity contribution >= 4 is 35.8 Å².